The van der Waals surface area contributed by atoms with Crippen molar-refractivity contribution in [3.8, 4) is 17.0 Å². The van der Waals surface area contributed by atoms with Crippen LogP contribution in [0.1, 0.15) is 24.3 Å². The average Bonchev–Trinajstić information content (AvgIpc) is 2.68. The Balaban J connectivity index is 1.99. The number of anilines is 2. The van der Waals surface area contributed by atoms with Crippen LogP contribution in [0.4, 0.5) is 11.4 Å². The summed E-state index contributed by atoms with van der Waals surface area (Å²) < 4.78 is 5.60. The van der Waals surface area contributed by atoms with E-state index >= 15 is 0 Å². The zero-order valence-electron chi connectivity index (χ0n) is 16.0. The van der Waals surface area contributed by atoms with Crippen molar-refractivity contribution in [3.05, 3.63) is 53.4 Å². The lowest BCUT2D eigenvalue weighted by Gasteiger charge is -2.16. The summed E-state index contributed by atoms with van der Waals surface area (Å²) in [7, 11) is 1.54. The van der Waals surface area contributed by atoms with E-state index in [1.807, 2.05) is 30.5 Å². The summed E-state index contributed by atoms with van der Waals surface area (Å²) >= 11 is 7.63. The van der Waals surface area contributed by atoms with Crippen LogP contribution in [0.25, 0.3) is 11.3 Å². The number of halogens is 1. The molecule has 2 aromatic heterocycles. The zero-order valence-corrected chi connectivity index (χ0v) is 17.6. The van der Waals surface area contributed by atoms with Crippen LogP contribution in [-0.2, 0) is 0 Å². The number of nitrogens with one attached hydrogen (secondary N) is 1. The Morgan fingerprint density at radius 3 is 2.62 bits per heavy atom. The van der Waals surface area contributed by atoms with Crippen molar-refractivity contribution in [2.75, 3.05) is 12.4 Å². The van der Waals surface area contributed by atoms with E-state index in [0.717, 1.165) is 16.2 Å². The molecule has 0 unspecified atom stereocenters. The largest absolute Gasteiger partial charge is 0.494 e. The second-order valence-electron chi connectivity index (χ2n) is 6.29. The van der Waals surface area contributed by atoms with Crippen molar-refractivity contribution in [1.29, 1.82) is 0 Å². The summed E-state index contributed by atoms with van der Waals surface area (Å²) in [6.07, 6.45) is 1.83. The first-order chi connectivity index (χ1) is 13.9. The molecule has 9 heteroatoms. The molecule has 0 fully saturated rings. The Morgan fingerprint density at radius 1 is 1.21 bits per heavy atom. The second-order valence-corrected chi connectivity index (χ2v) is 8.33. The lowest BCUT2D eigenvalue weighted by atomic mass is 10.1. The number of ether oxygens (including phenoxy) is 1. The van der Waals surface area contributed by atoms with Crippen molar-refractivity contribution >= 4 is 40.7 Å². The topological polar surface area (TPSA) is 97.2 Å². The first-order valence-corrected chi connectivity index (χ1v) is 9.98. The van der Waals surface area contributed by atoms with Gasteiger partial charge in [-0.05, 0) is 24.3 Å². The van der Waals surface area contributed by atoms with Crippen molar-refractivity contribution < 1.29 is 14.6 Å². The van der Waals surface area contributed by atoms with Crippen LogP contribution < -0.4 is 10.1 Å². The van der Waals surface area contributed by atoms with Crippen LogP contribution in [-0.4, -0.2) is 38.6 Å². The number of para-hydroxylation sites is 1. The number of pyridine rings is 1. The van der Waals surface area contributed by atoms with Gasteiger partial charge in [0.2, 0.25) is 0 Å². The predicted octanol–water partition coefficient (Wildman–Crippen LogP) is 5.14. The van der Waals surface area contributed by atoms with Gasteiger partial charge < -0.3 is 15.2 Å². The van der Waals surface area contributed by atoms with E-state index in [-0.39, 0.29) is 16.5 Å². The Bertz CT molecular complexity index is 1030. The smallest absolute Gasteiger partial charge is 0.358 e. The predicted molar refractivity (Wildman–Crippen MR) is 115 cm³/mol. The molecule has 3 aromatic rings. The number of methoxy groups -OCH3 is 1. The molecule has 7 nitrogen and oxygen atoms in total. The van der Waals surface area contributed by atoms with Gasteiger partial charge in [-0.2, -0.15) is 0 Å². The summed E-state index contributed by atoms with van der Waals surface area (Å²) in [5, 5.41) is 20.2. The third-order valence-electron chi connectivity index (χ3n) is 3.84. The summed E-state index contributed by atoms with van der Waals surface area (Å²) in [5.74, 6) is -0.694. The van der Waals surface area contributed by atoms with Gasteiger partial charge in [0.1, 0.15) is 0 Å². The number of benzene rings is 1. The normalized spacial score (nSPS) is 10.8. The average molecular weight is 431 g/mol. The van der Waals surface area contributed by atoms with Crippen LogP contribution in [0.2, 0.25) is 5.15 Å². The van der Waals surface area contributed by atoms with E-state index in [1.165, 1.54) is 6.07 Å². The van der Waals surface area contributed by atoms with Crippen LogP contribution >= 0.6 is 23.4 Å². The number of carboxylic acid groups (broad SMARTS) is 1. The monoisotopic (exact) mass is 430 g/mol. The molecular formula is C20H19ClN4O3S. The first-order valence-electron chi connectivity index (χ1n) is 8.72. The zero-order chi connectivity index (χ0) is 21.0. The van der Waals surface area contributed by atoms with Crippen molar-refractivity contribution in [2.24, 2.45) is 0 Å². The molecule has 0 bridgehead atoms. The molecular weight excluding hydrogens is 412 g/mol. The van der Waals surface area contributed by atoms with Gasteiger partial charge in [0.25, 0.3) is 0 Å². The molecule has 1 aromatic carbocycles. The standard InChI is InChI=1S/C20H19ClN4O3S/c1-11(2)29-12-7-8-14(22-10-12)13-5-4-6-15(19(13)28-3)23-16-9-17(21)24-25-18(16)20(26)27/h4-11H,1-3H3,(H,23,24)(H,26,27). The molecule has 29 heavy (non-hydrogen) atoms. The molecule has 0 atom stereocenters. The van der Waals surface area contributed by atoms with Gasteiger partial charge in [0.05, 0.1) is 24.2 Å². The van der Waals surface area contributed by atoms with Crippen LogP contribution in [0.15, 0.2) is 47.5 Å². The molecule has 3 rings (SSSR count). The molecule has 150 valence electrons. The quantitative estimate of drug-likeness (QED) is 0.497. The van der Waals surface area contributed by atoms with E-state index in [1.54, 1.807) is 24.9 Å². The molecule has 0 aliphatic carbocycles. The highest BCUT2D eigenvalue weighted by Crippen LogP contribution is 2.38. The van der Waals surface area contributed by atoms with E-state index in [0.29, 0.717) is 16.7 Å². The van der Waals surface area contributed by atoms with Crippen LogP contribution in [0, 0.1) is 0 Å². The molecule has 0 saturated heterocycles. The summed E-state index contributed by atoms with van der Waals surface area (Å²) in [6.45, 7) is 4.25. The third kappa shape index (κ3) is 4.96. The van der Waals surface area contributed by atoms with Crippen LogP contribution in [0.3, 0.4) is 0 Å². The number of nitrogens with zero attached hydrogens (tertiary/aromatic N) is 3. The lowest BCUT2D eigenvalue weighted by Crippen LogP contribution is -2.08. The molecule has 0 aliphatic heterocycles. The number of thioether (sulfide) groups is 1. The number of hydrogen-bond donors (Lipinski definition) is 2. The fourth-order valence-corrected chi connectivity index (χ4v) is 3.66. The van der Waals surface area contributed by atoms with Crippen molar-refractivity contribution in [3.63, 3.8) is 0 Å². The van der Waals surface area contributed by atoms with Gasteiger partial charge in [0, 0.05) is 28.0 Å². The Kier molecular flexibility index (Phi) is 6.56. The summed E-state index contributed by atoms with van der Waals surface area (Å²) in [4.78, 5) is 17.1. The van der Waals surface area contributed by atoms with E-state index in [9.17, 15) is 9.90 Å². The van der Waals surface area contributed by atoms with Gasteiger partial charge >= 0.3 is 5.97 Å². The number of carboxylic acids is 1. The fraction of sp³-hybridized carbons (Fsp3) is 0.200. The highest BCUT2D eigenvalue weighted by atomic mass is 35.5. The van der Waals surface area contributed by atoms with E-state index in [4.69, 9.17) is 16.3 Å². The highest BCUT2D eigenvalue weighted by Gasteiger charge is 2.17. The molecule has 0 aliphatic rings. The number of aromatic nitrogens is 3. The Labute approximate surface area is 177 Å². The van der Waals surface area contributed by atoms with Crippen molar-refractivity contribution in [1.82, 2.24) is 15.2 Å². The maximum atomic E-state index is 11.4. The van der Waals surface area contributed by atoms with Gasteiger partial charge in [-0.25, -0.2) is 4.79 Å². The fourth-order valence-electron chi connectivity index (χ4n) is 2.70. The van der Waals surface area contributed by atoms with Crippen molar-refractivity contribution in [2.45, 2.75) is 24.0 Å². The minimum atomic E-state index is -1.22. The molecule has 2 N–H and O–H groups in total. The van der Waals surface area contributed by atoms with Gasteiger partial charge in [-0.1, -0.05) is 31.5 Å². The van der Waals surface area contributed by atoms with Gasteiger partial charge in [0.15, 0.2) is 16.6 Å². The Morgan fingerprint density at radius 2 is 2.00 bits per heavy atom. The SMILES string of the molecule is COc1c(Nc2cc(Cl)nnc2C(=O)O)cccc1-c1ccc(SC(C)C)cn1. The molecule has 2 heterocycles. The number of rotatable bonds is 7. The maximum absolute atomic E-state index is 11.4. The number of carbonyl (C=O) groups is 1. The lowest BCUT2D eigenvalue weighted by molar-refractivity contribution is 0.0690. The summed E-state index contributed by atoms with van der Waals surface area (Å²) in [6, 6.07) is 10.8. The highest BCUT2D eigenvalue weighted by molar-refractivity contribution is 7.99. The number of hydrogen-bond acceptors (Lipinski definition) is 7. The molecule has 0 amide bonds. The van der Waals surface area contributed by atoms with E-state index < -0.39 is 5.97 Å². The van der Waals surface area contributed by atoms with Crippen LogP contribution in [0.5, 0.6) is 5.75 Å². The third-order valence-corrected chi connectivity index (χ3v) is 5.01. The maximum Gasteiger partial charge on any atom is 0.358 e. The first kappa shape index (κ1) is 20.9. The minimum absolute atomic E-state index is 0.0764. The van der Waals surface area contributed by atoms with Gasteiger partial charge in [-0.15, -0.1) is 22.0 Å². The molecule has 0 spiro atoms. The van der Waals surface area contributed by atoms with Gasteiger partial charge in [-0.3, -0.25) is 4.98 Å². The number of aromatic carboxylic acids is 1. The van der Waals surface area contributed by atoms with E-state index in [2.05, 4.69) is 34.3 Å². The molecule has 0 saturated carbocycles. The second kappa shape index (κ2) is 9.11. The molecule has 0 radical (unpaired) electrons. The Hall–Kier alpha value is -2.84. The summed E-state index contributed by atoms with van der Waals surface area (Å²) in [5.41, 5.74) is 2.03. The minimum Gasteiger partial charge on any atom is -0.494 e.